The zero-order valence-corrected chi connectivity index (χ0v) is 21.3. The van der Waals surface area contributed by atoms with E-state index in [0.717, 1.165) is 79.1 Å². The molecule has 0 saturated carbocycles. The molecule has 0 bridgehead atoms. The number of piperidine rings is 2. The zero-order valence-electron chi connectivity index (χ0n) is 20.5. The fourth-order valence-corrected chi connectivity index (χ4v) is 6.36. The Morgan fingerprint density at radius 3 is 2.39 bits per heavy atom. The first-order valence-electron chi connectivity index (χ1n) is 13.2. The van der Waals surface area contributed by atoms with Gasteiger partial charge in [-0.3, -0.25) is 4.79 Å². The van der Waals surface area contributed by atoms with Crippen LogP contribution in [0.2, 0.25) is 0 Å². The van der Waals surface area contributed by atoms with E-state index in [4.69, 9.17) is 9.97 Å². The van der Waals surface area contributed by atoms with Gasteiger partial charge in [-0.15, -0.1) is 0 Å². The van der Waals surface area contributed by atoms with Crippen LogP contribution in [0, 0.1) is 0 Å². The highest BCUT2D eigenvalue weighted by Gasteiger charge is 2.24. The molecule has 3 aromatic heterocycles. The normalized spacial score (nSPS) is 20.8. The average Bonchev–Trinajstić information content (AvgIpc) is 3.55. The van der Waals surface area contributed by atoms with Crippen LogP contribution in [0.15, 0.2) is 24.3 Å². The minimum Gasteiger partial charge on any atom is -0.391 e. The minimum absolute atomic E-state index is 0.253. The third-order valence-corrected chi connectivity index (χ3v) is 8.39. The Morgan fingerprint density at radius 1 is 0.917 bits per heavy atom. The van der Waals surface area contributed by atoms with Crippen LogP contribution in [0.4, 0.5) is 22.5 Å². The van der Waals surface area contributed by atoms with Crippen LogP contribution < -0.4 is 20.0 Å². The molecule has 0 aromatic carbocycles. The maximum atomic E-state index is 13.4. The first kappa shape index (κ1) is 23.4. The molecule has 9 nitrogen and oxygen atoms in total. The van der Waals surface area contributed by atoms with Crippen LogP contribution in [-0.2, 0) is 0 Å². The van der Waals surface area contributed by atoms with Crippen LogP contribution >= 0.6 is 11.3 Å². The van der Waals surface area contributed by atoms with E-state index in [-0.39, 0.29) is 12.0 Å². The van der Waals surface area contributed by atoms with Gasteiger partial charge in [0, 0.05) is 39.3 Å². The van der Waals surface area contributed by atoms with Gasteiger partial charge in [0.05, 0.1) is 16.5 Å². The highest BCUT2D eigenvalue weighted by atomic mass is 32.1. The van der Waals surface area contributed by atoms with Crippen LogP contribution in [0.25, 0.3) is 10.3 Å². The van der Waals surface area contributed by atoms with Crippen molar-refractivity contribution in [3.63, 3.8) is 0 Å². The monoisotopic (exact) mass is 507 g/mol. The number of fused-ring (bicyclic) bond motifs is 1. The van der Waals surface area contributed by atoms with E-state index in [2.05, 4.69) is 20.1 Å². The molecule has 1 amide bonds. The lowest BCUT2D eigenvalue weighted by Crippen LogP contribution is -2.31. The van der Waals surface area contributed by atoms with Crippen molar-refractivity contribution in [2.75, 3.05) is 59.3 Å². The molecule has 0 aliphatic carbocycles. The van der Waals surface area contributed by atoms with Crippen molar-refractivity contribution in [1.29, 1.82) is 0 Å². The highest BCUT2D eigenvalue weighted by Crippen LogP contribution is 2.36. The molecule has 3 aliphatic rings. The van der Waals surface area contributed by atoms with Gasteiger partial charge in [0.1, 0.15) is 11.5 Å². The number of thiazole rings is 1. The number of nitrogens with zero attached hydrogens (tertiary/aromatic N) is 6. The standard InChI is InChI=1S/C26H33N7O2S/c34-18-10-15-33(17-18)22-9-7-8-19(27-22)25(35)28-20-16-21-23(29-24(20)31-11-3-1-4-12-31)30-26(36-21)32-13-5-2-6-14-32/h7-9,16,18,34H,1-6,10-15,17H2,(H,28,35)/t18-/m0/s1. The number of aliphatic hydroxyl groups excluding tert-OH is 1. The minimum atomic E-state index is -0.344. The SMILES string of the molecule is O=C(Nc1cc2sc(N3CCCCC3)nc2nc1N1CCCCC1)c1cccc(N2CC[C@H](O)C2)n1. The number of amides is 1. The summed E-state index contributed by atoms with van der Waals surface area (Å²) < 4.78 is 0.986. The van der Waals surface area contributed by atoms with E-state index in [1.54, 1.807) is 17.4 Å². The summed E-state index contributed by atoms with van der Waals surface area (Å²) in [6.07, 6.45) is 7.52. The first-order chi connectivity index (χ1) is 17.6. The maximum Gasteiger partial charge on any atom is 0.274 e. The van der Waals surface area contributed by atoms with Crippen molar-refractivity contribution < 1.29 is 9.90 Å². The molecule has 2 N–H and O–H groups in total. The molecule has 36 heavy (non-hydrogen) atoms. The molecule has 6 heterocycles. The molecule has 3 fully saturated rings. The molecular formula is C26H33N7O2S. The molecular weight excluding hydrogens is 474 g/mol. The van der Waals surface area contributed by atoms with E-state index in [9.17, 15) is 9.90 Å². The van der Waals surface area contributed by atoms with Gasteiger partial charge in [0.25, 0.3) is 5.91 Å². The molecule has 0 radical (unpaired) electrons. The van der Waals surface area contributed by atoms with E-state index in [1.807, 2.05) is 23.1 Å². The van der Waals surface area contributed by atoms with Gasteiger partial charge in [-0.05, 0) is 63.1 Å². The second kappa shape index (κ2) is 10.2. The number of carbonyl (C=O) groups is 1. The van der Waals surface area contributed by atoms with Crippen LogP contribution in [0.5, 0.6) is 0 Å². The predicted molar refractivity (Wildman–Crippen MR) is 145 cm³/mol. The number of pyridine rings is 2. The van der Waals surface area contributed by atoms with Crippen LogP contribution in [-0.4, -0.2) is 71.3 Å². The topological polar surface area (TPSA) is 97.7 Å². The van der Waals surface area contributed by atoms with Crippen molar-refractivity contribution >= 4 is 50.0 Å². The summed E-state index contributed by atoms with van der Waals surface area (Å²) in [7, 11) is 0. The summed E-state index contributed by atoms with van der Waals surface area (Å²) in [4.78, 5) is 34.5. The van der Waals surface area contributed by atoms with E-state index in [0.29, 0.717) is 17.9 Å². The number of β-amino-alcohol motifs (C(OH)–C–C–N with tert-alkyl or cyclic N) is 1. The average molecular weight is 508 g/mol. The van der Waals surface area contributed by atoms with E-state index < -0.39 is 0 Å². The quantitative estimate of drug-likeness (QED) is 0.537. The van der Waals surface area contributed by atoms with Crippen LogP contribution in [0.3, 0.4) is 0 Å². The lowest BCUT2D eigenvalue weighted by Gasteiger charge is -2.29. The second-order valence-electron chi connectivity index (χ2n) is 10.00. The highest BCUT2D eigenvalue weighted by molar-refractivity contribution is 7.22. The lowest BCUT2D eigenvalue weighted by molar-refractivity contribution is 0.102. The van der Waals surface area contributed by atoms with Crippen LogP contribution in [0.1, 0.15) is 55.4 Å². The lowest BCUT2D eigenvalue weighted by atomic mass is 10.1. The van der Waals surface area contributed by atoms with Gasteiger partial charge in [0.2, 0.25) is 0 Å². The third kappa shape index (κ3) is 4.84. The van der Waals surface area contributed by atoms with Crippen molar-refractivity contribution in [3.8, 4) is 0 Å². The summed E-state index contributed by atoms with van der Waals surface area (Å²) in [6.45, 7) is 5.22. The molecule has 0 unspecified atom stereocenters. The summed E-state index contributed by atoms with van der Waals surface area (Å²) in [5.41, 5.74) is 1.83. The number of rotatable bonds is 5. The number of aliphatic hydroxyl groups is 1. The number of carbonyl (C=O) groups excluding carboxylic acids is 1. The van der Waals surface area contributed by atoms with E-state index in [1.165, 1.54) is 25.7 Å². The Labute approximate surface area is 215 Å². The zero-order chi connectivity index (χ0) is 24.5. The number of anilines is 4. The van der Waals surface area contributed by atoms with E-state index >= 15 is 0 Å². The Balaban J connectivity index is 1.30. The smallest absolute Gasteiger partial charge is 0.274 e. The van der Waals surface area contributed by atoms with Crippen molar-refractivity contribution in [1.82, 2.24) is 15.0 Å². The van der Waals surface area contributed by atoms with Gasteiger partial charge in [-0.1, -0.05) is 17.4 Å². The number of hydrogen-bond donors (Lipinski definition) is 2. The predicted octanol–water partition coefficient (Wildman–Crippen LogP) is 3.89. The van der Waals surface area contributed by atoms with Crippen molar-refractivity contribution in [2.24, 2.45) is 0 Å². The third-order valence-electron chi connectivity index (χ3n) is 7.34. The summed E-state index contributed by atoms with van der Waals surface area (Å²) >= 11 is 1.65. The van der Waals surface area contributed by atoms with Gasteiger partial charge < -0.3 is 25.1 Å². The molecule has 3 saturated heterocycles. The Kier molecular flexibility index (Phi) is 6.62. The molecule has 10 heteroatoms. The van der Waals surface area contributed by atoms with Crippen molar-refractivity contribution in [3.05, 3.63) is 30.0 Å². The fraction of sp³-hybridized carbons (Fsp3) is 0.538. The molecule has 190 valence electrons. The number of hydrogen-bond acceptors (Lipinski definition) is 9. The molecule has 6 rings (SSSR count). The largest absolute Gasteiger partial charge is 0.391 e. The second-order valence-corrected chi connectivity index (χ2v) is 11.0. The van der Waals surface area contributed by atoms with Gasteiger partial charge in [-0.2, -0.15) is 4.98 Å². The van der Waals surface area contributed by atoms with Gasteiger partial charge in [-0.25, -0.2) is 9.97 Å². The maximum absolute atomic E-state index is 13.4. The molecule has 3 aromatic rings. The summed E-state index contributed by atoms with van der Waals surface area (Å²) in [5.74, 6) is 1.26. The number of nitrogens with one attached hydrogen (secondary N) is 1. The first-order valence-corrected chi connectivity index (χ1v) is 14.0. The van der Waals surface area contributed by atoms with Gasteiger partial charge >= 0.3 is 0 Å². The molecule has 0 spiro atoms. The molecule has 1 atom stereocenters. The number of aromatic nitrogens is 3. The Bertz CT molecular complexity index is 1240. The van der Waals surface area contributed by atoms with Crippen molar-refractivity contribution in [2.45, 2.75) is 51.0 Å². The Morgan fingerprint density at radius 2 is 1.67 bits per heavy atom. The Hall–Kier alpha value is -2.98. The van der Waals surface area contributed by atoms with Gasteiger partial charge in [0.15, 0.2) is 16.6 Å². The summed E-state index contributed by atoms with van der Waals surface area (Å²) in [5, 5.41) is 14.0. The fourth-order valence-electron chi connectivity index (χ4n) is 5.36. The summed E-state index contributed by atoms with van der Waals surface area (Å²) in [6, 6.07) is 7.51. The molecule has 3 aliphatic heterocycles.